The summed E-state index contributed by atoms with van der Waals surface area (Å²) in [5.41, 5.74) is 6.96. The molecule has 17 heavy (non-hydrogen) atoms. The number of primary amides is 1. The van der Waals surface area contributed by atoms with Gasteiger partial charge in [-0.1, -0.05) is 0 Å². The molecule has 1 aromatic heterocycles. The minimum atomic E-state index is -0.338. The Bertz CT molecular complexity index is 615. The number of aromatic nitrogens is 2. The van der Waals surface area contributed by atoms with Crippen LogP contribution in [0.15, 0.2) is 18.2 Å². The number of nitrogens with two attached hydrogens (primary N) is 1. The SMILES string of the molecule is COc1ccc2c(c1)[nH]c(=S)n2CCC(N)=O. The third-order valence-corrected chi connectivity index (χ3v) is 2.89. The molecule has 0 bridgehead atoms. The van der Waals surface area contributed by atoms with Crippen molar-refractivity contribution in [3.05, 3.63) is 23.0 Å². The predicted molar refractivity (Wildman–Crippen MR) is 67.5 cm³/mol. The maximum absolute atomic E-state index is 10.8. The molecule has 0 atom stereocenters. The molecule has 2 rings (SSSR count). The Morgan fingerprint density at radius 3 is 3.00 bits per heavy atom. The van der Waals surface area contributed by atoms with Gasteiger partial charge in [-0.2, -0.15) is 0 Å². The fraction of sp³-hybridized carbons (Fsp3) is 0.273. The van der Waals surface area contributed by atoms with Crippen LogP contribution in [-0.4, -0.2) is 22.6 Å². The Hall–Kier alpha value is -1.82. The van der Waals surface area contributed by atoms with Gasteiger partial charge in [-0.25, -0.2) is 0 Å². The number of aromatic amines is 1. The van der Waals surface area contributed by atoms with E-state index in [1.807, 2.05) is 22.8 Å². The quantitative estimate of drug-likeness (QED) is 0.810. The molecule has 6 heteroatoms. The first-order valence-electron chi connectivity index (χ1n) is 5.16. The van der Waals surface area contributed by atoms with Crippen LogP contribution in [0.3, 0.4) is 0 Å². The summed E-state index contributed by atoms with van der Waals surface area (Å²) in [6.07, 6.45) is 0.271. The molecule has 3 N–H and O–H groups in total. The number of imidazole rings is 1. The molecule has 0 aliphatic carbocycles. The van der Waals surface area contributed by atoms with Crippen LogP contribution in [0.1, 0.15) is 6.42 Å². The molecule has 0 radical (unpaired) electrons. The number of hydrogen-bond donors (Lipinski definition) is 2. The zero-order valence-electron chi connectivity index (χ0n) is 9.40. The summed E-state index contributed by atoms with van der Waals surface area (Å²) in [5.74, 6) is 0.422. The number of fused-ring (bicyclic) bond motifs is 1. The predicted octanol–water partition coefficient (Wildman–Crippen LogP) is 1.58. The van der Waals surface area contributed by atoms with Crippen molar-refractivity contribution in [1.82, 2.24) is 9.55 Å². The Labute approximate surface area is 103 Å². The van der Waals surface area contributed by atoms with Crippen molar-refractivity contribution in [3.8, 4) is 5.75 Å². The number of hydrogen-bond acceptors (Lipinski definition) is 3. The number of carbonyl (C=O) groups is 1. The summed E-state index contributed by atoms with van der Waals surface area (Å²) in [5, 5.41) is 0. The van der Waals surface area contributed by atoms with Gasteiger partial charge in [-0.15, -0.1) is 0 Å². The van der Waals surface area contributed by atoms with E-state index in [1.54, 1.807) is 7.11 Å². The molecule has 90 valence electrons. The molecular formula is C11H13N3O2S. The van der Waals surface area contributed by atoms with Gasteiger partial charge in [0, 0.05) is 19.0 Å². The summed E-state index contributed by atoms with van der Waals surface area (Å²) in [6.45, 7) is 0.487. The molecule has 1 amide bonds. The van der Waals surface area contributed by atoms with Crippen LogP contribution in [-0.2, 0) is 11.3 Å². The number of methoxy groups -OCH3 is 1. The highest BCUT2D eigenvalue weighted by Crippen LogP contribution is 2.20. The molecule has 5 nitrogen and oxygen atoms in total. The van der Waals surface area contributed by atoms with Gasteiger partial charge in [0.2, 0.25) is 5.91 Å². The van der Waals surface area contributed by atoms with Gasteiger partial charge in [0.15, 0.2) is 4.77 Å². The minimum absolute atomic E-state index is 0.271. The van der Waals surface area contributed by atoms with E-state index < -0.39 is 0 Å². The zero-order valence-corrected chi connectivity index (χ0v) is 10.2. The van der Waals surface area contributed by atoms with Crippen LogP contribution in [0.5, 0.6) is 5.75 Å². The molecule has 2 aromatic rings. The van der Waals surface area contributed by atoms with Gasteiger partial charge < -0.3 is 20.0 Å². The molecule has 1 aromatic carbocycles. The molecule has 0 saturated carbocycles. The maximum atomic E-state index is 10.8. The molecule has 1 heterocycles. The van der Waals surface area contributed by atoms with Crippen molar-refractivity contribution in [1.29, 1.82) is 0 Å². The summed E-state index contributed by atoms with van der Waals surface area (Å²) in [7, 11) is 1.61. The molecule has 0 saturated heterocycles. The maximum Gasteiger partial charge on any atom is 0.219 e. The first-order valence-corrected chi connectivity index (χ1v) is 5.57. The fourth-order valence-corrected chi connectivity index (χ4v) is 2.01. The van der Waals surface area contributed by atoms with Crippen molar-refractivity contribution in [2.75, 3.05) is 7.11 Å². The van der Waals surface area contributed by atoms with Gasteiger partial charge in [0.25, 0.3) is 0 Å². The van der Waals surface area contributed by atoms with Crippen LogP contribution in [0, 0.1) is 4.77 Å². The van der Waals surface area contributed by atoms with Crippen molar-refractivity contribution >= 4 is 29.2 Å². The lowest BCUT2D eigenvalue weighted by molar-refractivity contribution is -0.118. The van der Waals surface area contributed by atoms with Crippen molar-refractivity contribution < 1.29 is 9.53 Å². The normalized spacial score (nSPS) is 10.6. The summed E-state index contributed by atoms with van der Waals surface area (Å²) < 4.78 is 7.57. The third-order valence-electron chi connectivity index (χ3n) is 2.56. The number of aryl methyl sites for hydroxylation is 1. The van der Waals surface area contributed by atoms with E-state index in [0.717, 1.165) is 16.8 Å². The van der Waals surface area contributed by atoms with Crippen molar-refractivity contribution in [3.63, 3.8) is 0 Å². The van der Waals surface area contributed by atoms with Crippen LogP contribution in [0.4, 0.5) is 0 Å². The number of carbonyl (C=O) groups excluding carboxylic acids is 1. The number of amides is 1. The van der Waals surface area contributed by atoms with Gasteiger partial charge in [0.05, 0.1) is 18.1 Å². The van der Waals surface area contributed by atoms with E-state index in [9.17, 15) is 4.79 Å². The van der Waals surface area contributed by atoms with E-state index in [-0.39, 0.29) is 12.3 Å². The highest BCUT2D eigenvalue weighted by Gasteiger charge is 2.06. The van der Waals surface area contributed by atoms with E-state index >= 15 is 0 Å². The van der Waals surface area contributed by atoms with Crippen LogP contribution >= 0.6 is 12.2 Å². The Balaban J connectivity index is 2.45. The molecule has 0 aliphatic heterocycles. The monoisotopic (exact) mass is 251 g/mol. The molecule has 0 aliphatic rings. The molecule has 0 fully saturated rings. The number of nitrogens with zero attached hydrogens (tertiary/aromatic N) is 1. The van der Waals surface area contributed by atoms with E-state index in [4.69, 9.17) is 22.7 Å². The number of ether oxygens (including phenoxy) is 1. The van der Waals surface area contributed by atoms with Gasteiger partial charge in [-0.3, -0.25) is 4.79 Å². The Morgan fingerprint density at radius 1 is 1.59 bits per heavy atom. The lowest BCUT2D eigenvalue weighted by Crippen LogP contribution is -2.13. The zero-order chi connectivity index (χ0) is 12.4. The molecular weight excluding hydrogens is 238 g/mol. The minimum Gasteiger partial charge on any atom is -0.497 e. The lowest BCUT2D eigenvalue weighted by atomic mass is 10.3. The first-order chi connectivity index (χ1) is 8.11. The molecule has 0 unspecified atom stereocenters. The number of nitrogens with one attached hydrogen (secondary N) is 1. The first kappa shape index (κ1) is 11.7. The lowest BCUT2D eigenvalue weighted by Gasteiger charge is -2.03. The fourth-order valence-electron chi connectivity index (χ4n) is 1.71. The summed E-state index contributed by atoms with van der Waals surface area (Å²) in [6, 6.07) is 5.62. The standard InChI is InChI=1S/C11H13N3O2S/c1-16-7-2-3-9-8(6-7)13-11(17)14(9)5-4-10(12)15/h2-3,6H,4-5H2,1H3,(H2,12,15)(H,13,17). The van der Waals surface area contributed by atoms with E-state index in [1.165, 1.54) is 0 Å². The smallest absolute Gasteiger partial charge is 0.219 e. The topological polar surface area (TPSA) is 73.0 Å². The van der Waals surface area contributed by atoms with Gasteiger partial charge >= 0.3 is 0 Å². The van der Waals surface area contributed by atoms with E-state index in [0.29, 0.717) is 11.3 Å². The molecule has 0 spiro atoms. The second-order valence-corrected chi connectivity index (χ2v) is 4.07. The Morgan fingerprint density at radius 2 is 2.35 bits per heavy atom. The largest absolute Gasteiger partial charge is 0.497 e. The number of benzene rings is 1. The van der Waals surface area contributed by atoms with Crippen LogP contribution in [0.25, 0.3) is 11.0 Å². The van der Waals surface area contributed by atoms with Gasteiger partial charge in [0.1, 0.15) is 5.75 Å². The number of rotatable bonds is 4. The second kappa shape index (κ2) is 4.58. The van der Waals surface area contributed by atoms with Crippen molar-refractivity contribution in [2.24, 2.45) is 5.73 Å². The van der Waals surface area contributed by atoms with Crippen LogP contribution < -0.4 is 10.5 Å². The summed E-state index contributed by atoms with van der Waals surface area (Å²) in [4.78, 5) is 13.9. The second-order valence-electron chi connectivity index (χ2n) is 3.68. The third kappa shape index (κ3) is 2.31. The van der Waals surface area contributed by atoms with Crippen molar-refractivity contribution in [2.45, 2.75) is 13.0 Å². The Kier molecular flexibility index (Phi) is 3.14. The highest BCUT2D eigenvalue weighted by molar-refractivity contribution is 7.71. The number of H-pyrrole nitrogens is 1. The average molecular weight is 251 g/mol. The summed E-state index contributed by atoms with van der Waals surface area (Å²) >= 11 is 5.20. The highest BCUT2D eigenvalue weighted by atomic mass is 32.1. The van der Waals surface area contributed by atoms with Gasteiger partial charge in [-0.05, 0) is 24.4 Å². The average Bonchev–Trinajstić information content (AvgIpc) is 2.60. The van der Waals surface area contributed by atoms with Crippen LogP contribution in [0.2, 0.25) is 0 Å². The van der Waals surface area contributed by atoms with E-state index in [2.05, 4.69) is 4.98 Å².